The number of rotatable bonds is 9. The lowest BCUT2D eigenvalue weighted by molar-refractivity contribution is -0.165. The van der Waals surface area contributed by atoms with Gasteiger partial charge in [0.25, 0.3) is 0 Å². The highest BCUT2D eigenvalue weighted by Gasteiger charge is 2.15. The first-order valence-electron chi connectivity index (χ1n) is 7.45. The summed E-state index contributed by atoms with van der Waals surface area (Å²) < 4.78 is 19.1. The molecule has 2 atom stereocenters. The van der Waals surface area contributed by atoms with E-state index in [-0.39, 0.29) is 25.1 Å². The van der Waals surface area contributed by atoms with Gasteiger partial charge in [0.05, 0.1) is 0 Å². The largest absolute Gasteiger partial charge is 0.425 e. The second-order valence-electron chi connectivity index (χ2n) is 4.37. The number of thioether (sulfide) groups is 1. The number of carbonyl (C=O) groups excluding carboxylic acids is 4. The van der Waals surface area contributed by atoms with Crippen LogP contribution in [0.1, 0.15) is 40.5 Å². The zero-order valence-electron chi connectivity index (χ0n) is 14.2. The van der Waals surface area contributed by atoms with Crippen LogP contribution in [0, 0.1) is 0 Å². The van der Waals surface area contributed by atoms with E-state index in [9.17, 15) is 19.2 Å². The fourth-order valence-corrected chi connectivity index (χ4v) is 1.81. The van der Waals surface area contributed by atoms with Crippen molar-refractivity contribution >= 4 is 35.1 Å². The fourth-order valence-electron chi connectivity index (χ4n) is 1.23. The van der Waals surface area contributed by atoms with Gasteiger partial charge in [0.2, 0.25) is 12.6 Å². The van der Waals surface area contributed by atoms with Gasteiger partial charge in [-0.15, -0.1) is 0 Å². The second kappa shape index (κ2) is 12.5. The summed E-state index contributed by atoms with van der Waals surface area (Å²) in [5, 5.41) is 1.76. The molecule has 0 aromatic rings. The fraction of sp³-hybridized carbons (Fsp3) is 0.714. The quantitative estimate of drug-likeness (QED) is 0.372. The molecule has 138 valence electrons. The summed E-state index contributed by atoms with van der Waals surface area (Å²) in [6.07, 6.45) is -2.37. The van der Waals surface area contributed by atoms with Crippen LogP contribution >= 0.6 is 11.8 Å². The summed E-state index contributed by atoms with van der Waals surface area (Å²) in [7, 11) is 0. The lowest BCUT2D eigenvalue weighted by atomic mass is 10.5. The third-order valence-corrected chi connectivity index (χ3v) is 3.04. The Morgan fingerprint density at radius 1 is 0.875 bits per heavy atom. The zero-order valence-corrected chi connectivity index (χ0v) is 15.0. The molecule has 0 saturated heterocycles. The molecule has 0 bridgehead atoms. The van der Waals surface area contributed by atoms with Crippen molar-refractivity contribution in [3.05, 3.63) is 0 Å². The van der Waals surface area contributed by atoms with Gasteiger partial charge in [-0.25, -0.2) is 9.59 Å². The first-order chi connectivity index (χ1) is 11.3. The van der Waals surface area contributed by atoms with E-state index in [0.29, 0.717) is 0 Å². The molecule has 0 rings (SSSR count). The van der Waals surface area contributed by atoms with Crippen molar-refractivity contribution in [1.82, 2.24) is 5.32 Å². The average Bonchev–Trinajstić information content (AvgIpc) is 2.50. The van der Waals surface area contributed by atoms with E-state index in [0.717, 1.165) is 11.8 Å². The molecule has 0 unspecified atom stereocenters. The number of alkyl carbamates (subject to hydrolysis) is 1. The molecule has 0 fully saturated rings. The number of ether oxygens (including phenoxy) is 4. The van der Waals surface area contributed by atoms with Crippen LogP contribution in [0.3, 0.4) is 0 Å². The van der Waals surface area contributed by atoms with Gasteiger partial charge in [0.1, 0.15) is 0 Å². The van der Waals surface area contributed by atoms with Crippen molar-refractivity contribution in [2.45, 2.75) is 53.1 Å². The molecule has 1 N–H and O–H groups in total. The van der Waals surface area contributed by atoms with E-state index in [2.05, 4.69) is 5.32 Å². The number of nitrogens with one attached hydrogen (secondary N) is 1. The molecule has 0 aromatic carbocycles. The minimum absolute atomic E-state index is 0.135. The topological polar surface area (TPSA) is 117 Å². The number of esters is 2. The lowest BCUT2D eigenvalue weighted by Gasteiger charge is -2.14. The van der Waals surface area contributed by atoms with Gasteiger partial charge in [0, 0.05) is 39.0 Å². The molecule has 0 saturated carbocycles. The molecule has 24 heavy (non-hydrogen) atoms. The first-order valence-corrected chi connectivity index (χ1v) is 8.43. The number of hydrogen-bond donors (Lipinski definition) is 1. The van der Waals surface area contributed by atoms with Gasteiger partial charge in [0.15, 0.2) is 0 Å². The maximum atomic E-state index is 11.4. The monoisotopic (exact) mass is 365 g/mol. The van der Waals surface area contributed by atoms with Crippen molar-refractivity contribution in [2.75, 3.05) is 12.3 Å². The van der Waals surface area contributed by atoms with E-state index in [1.54, 1.807) is 13.8 Å². The number of hydrogen-bond acceptors (Lipinski definition) is 9. The molecule has 0 spiro atoms. The van der Waals surface area contributed by atoms with Crippen LogP contribution in [0.5, 0.6) is 0 Å². The van der Waals surface area contributed by atoms with Crippen LogP contribution in [-0.4, -0.2) is 48.2 Å². The van der Waals surface area contributed by atoms with Crippen molar-refractivity contribution in [1.29, 1.82) is 0 Å². The van der Waals surface area contributed by atoms with Gasteiger partial charge in [-0.05, 0) is 11.8 Å². The molecule has 10 heteroatoms. The predicted octanol–water partition coefficient (Wildman–Crippen LogP) is 2.18. The molecule has 0 aliphatic rings. The van der Waals surface area contributed by atoms with Crippen LogP contribution < -0.4 is 5.32 Å². The maximum absolute atomic E-state index is 11.4. The van der Waals surface area contributed by atoms with Gasteiger partial charge in [-0.3, -0.25) is 9.59 Å². The summed E-state index contributed by atoms with van der Waals surface area (Å²) >= 11 is 0.807. The van der Waals surface area contributed by atoms with Crippen LogP contribution in [0.2, 0.25) is 0 Å². The van der Waals surface area contributed by atoms with E-state index < -0.39 is 35.9 Å². The second-order valence-corrected chi connectivity index (χ2v) is 5.40. The molecule has 0 heterocycles. The molecule has 0 radical (unpaired) electrons. The summed E-state index contributed by atoms with van der Waals surface area (Å²) in [5.41, 5.74) is 0. The van der Waals surface area contributed by atoms with Crippen LogP contribution in [0.25, 0.3) is 0 Å². The molecule has 1 amide bonds. The molecular weight excluding hydrogens is 342 g/mol. The van der Waals surface area contributed by atoms with Crippen LogP contribution in [0.15, 0.2) is 0 Å². The maximum Gasteiger partial charge on any atom is 0.410 e. The van der Waals surface area contributed by atoms with Crippen molar-refractivity contribution in [3.63, 3.8) is 0 Å². The Kier molecular flexibility index (Phi) is 11.4. The third-order valence-electron chi connectivity index (χ3n) is 2.30. The highest BCUT2D eigenvalue weighted by atomic mass is 32.2. The highest BCUT2D eigenvalue weighted by Crippen LogP contribution is 2.08. The van der Waals surface area contributed by atoms with Gasteiger partial charge < -0.3 is 24.3 Å². The van der Waals surface area contributed by atoms with Gasteiger partial charge >= 0.3 is 23.3 Å². The van der Waals surface area contributed by atoms with Gasteiger partial charge in [-0.2, -0.15) is 0 Å². The van der Waals surface area contributed by atoms with Crippen molar-refractivity contribution in [2.24, 2.45) is 0 Å². The molecular formula is C14H23NO8S. The Morgan fingerprint density at radius 2 is 1.38 bits per heavy atom. The zero-order chi connectivity index (χ0) is 18.5. The van der Waals surface area contributed by atoms with Crippen molar-refractivity contribution < 1.29 is 38.1 Å². The number of carbonyl (C=O) groups is 4. The van der Waals surface area contributed by atoms with Crippen LogP contribution in [-0.2, 0) is 28.5 Å². The minimum atomic E-state index is -0.996. The first kappa shape index (κ1) is 22.0. The molecule has 0 aliphatic heterocycles. The molecule has 0 aromatic heterocycles. The predicted molar refractivity (Wildman–Crippen MR) is 85.1 cm³/mol. The smallest absolute Gasteiger partial charge is 0.410 e. The Bertz CT molecular complexity index is 402. The van der Waals surface area contributed by atoms with E-state index >= 15 is 0 Å². The Labute approximate surface area is 144 Å². The third kappa shape index (κ3) is 11.6. The van der Waals surface area contributed by atoms with Crippen molar-refractivity contribution in [3.8, 4) is 0 Å². The molecule has 9 nitrogen and oxygen atoms in total. The Morgan fingerprint density at radius 3 is 1.88 bits per heavy atom. The SMILES string of the molecule is CCC(=O)O[C@H](C)OC(=O)NCCSC(=O)O[C@@H](C)OC(=O)CC. The average molecular weight is 365 g/mol. The van der Waals surface area contributed by atoms with Crippen LogP contribution in [0.4, 0.5) is 9.59 Å². The highest BCUT2D eigenvalue weighted by molar-refractivity contribution is 8.13. The minimum Gasteiger partial charge on any atom is -0.425 e. The van der Waals surface area contributed by atoms with Gasteiger partial charge in [-0.1, -0.05) is 13.8 Å². The van der Waals surface area contributed by atoms with E-state index in [4.69, 9.17) is 18.9 Å². The summed E-state index contributed by atoms with van der Waals surface area (Å²) in [5.74, 6) is -0.722. The summed E-state index contributed by atoms with van der Waals surface area (Å²) in [6.45, 7) is 6.23. The van der Waals surface area contributed by atoms with E-state index in [1.165, 1.54) is 13.8 Å². The Hall–Kier alpha value is -1.97. The molecule has 0 aliphatic carbocycles. The standard InChI is InChI=1S/C14H23NO8S/c1-5-11(16)20-9(3)22-13(18)15-7-8-24-14(19)23-10(4)21-12(17)6-2/h9-10H,5-8H2,1-4H3,(H,15,18)/t9-,10-/m0/s1. The Balaban J connectivity index is 3.80. The normalized spacial score (nSPS) is 12.5. The lowest BCUT2D eigenvalue weighted by Crippen LogP contribution is -2.31. The number of amides is 1. The summed E-state index contributed by atoms with van der Waals surface area (Å²) in [4.78, 5) is 44.8. The summed E-state index contributed by atoms with van der Waals surface area (Å²) in [6, 6.07) is 0. The van der Waals surface area contributed by atoms with E-state index in [1.807, 2.05) is 0 Å².